The second kappa shape index (κ2) is 25.1. The Hall–Kier alpha value is -0.0551. The maximum atomic E-state index is 3.74. The molecule has 3 nitrogen and oxygen atoms in total. The molecule has 3 aliphatic heterocycles. The van der Waals surface area contributed by atoms with Gasteiger partial charge in [0.15, 0.2) is 6.71 Å². The predicted molar refractivity (Wildman–Crippen MR) is 371 cm³/mol. The van der Waals surface area contributed by atoms with Gasteiger partial charge < -0.3 is 0 Å². The highest BCUT2D eigenvalue weighted by Gasteiger charge is 2.69. The lowest BCUT2D eigenvalue weighted by molar-refractivity contribution is -0.153. The van der Waals surface area contributed by atoms with Crippen LogP contribution in [0.15, 0.2) is 0 Å². The molecule has 0 aromatic carbocycles. The van der Waals surface area contributed by atoms with Crippen LogP contribution < -0.4 is 0 Å². The van der Waals surface area contributed by atoms with Gasteiger partial charge in [0, 0.05) is 54.4 Å². The molecule has 17 aliphatic rings. The van der Waals surface area contributed by atoms with E-state index in [1.807, 2.05) is 0 Å². The van der Waals surface area contributed by atoms with Crippen molar-refractivity contribution in [3.05, 3.63) is 0 Å². The molecule has 0 radical (unpaired) electrons. The first-order chi connectivity index (χ1) is 42.9. The standard InChI is InChI=1S/C84H140BN3/c1-83(2,3)63-44-60-30-31-61-45-64(84(4,5)6)50-71-70(47-62(46-63)80(60)81(61)71)59-37-43-76-73(48-59)85-72-42-36-58(55-24-14-9-15-25-55)49-77(72)87(66-40-34-57(35-41-66)54-22-12-8-13-23-54)79-52-67(88-74-28-18-16-26-68(74)69-27-17-19-29-75(69)88)51-78(82(79)85)86(76)65-38-32-56(33-39-65)53-20-10-7-11-21-53/h53-82H,7-52H2,1-6H3. The number of nitrogens with zero attached hydrogens (tertiary/aromatic N) is 3. The zero-order valence-electron chi connectivity index (χ0n) is 58.8. The van der Waals surface area contributed by atoms with Gasteiger partial charge in [0.2, 0.25) is 0 Å². The summed E-state index contributed by atoms with van der Waals surface area (Å²) in [7, 11) is 0. The van der Waals surface area contributed by atoms with Crippen molar-refractivity contribution in [1.29, 1.82) is 0 Å². The van der Waals surface area contributed by atoms with Crippen molar-refractivity contribution in [3.8, 4) is 0 Å². The van der Waals surface area contributed by atoms with Gasteiger partial charge in [0.1, 0.15) is 0 Å². The minimum atomic E-state index is 0.451. The Kier molecular flexibility index (Phi) is 17.6. The fraction of sp³-hybridized carbons (Fsp3) is 1.00. The summed E-state index contributed by atoms with van der Waals surface area (Å²) in [6.45, 7) is 17.1. The minimum absolute atomic E-state index is 0.451. The number of hydrogen-bond acceptors (Lipinski definition) is 3. The van der Waals surface area contributed by atoms with E-state index in [0.29, 0.717) is 10.8 Å². The molecular formula is C84H140BN3. The maximum Gasteiger partial charge on any atom is 0.156 e. The van der Waals surface area contributed by atoms with Gasteiger partial charge in [0.25, 0.3) is 0 Å². The SMILES string of the molecule is CC(C)(C)C1CC2CCC3CC(C(C)(C)C)CC4C(C5CCC6C(C5)B5C7CCC(C8CCCCC8)CC7N(C7CCC(C8CCCCC8)CC7)C7CC(N8C9CCCCC9C9CCCCC98)CC(C57)N6C5CCC(C6CCCCC6)CC5)CC(C1)C2C34. The summed E-state index contributed by atoms with van der Waals surface area (Å²) < 4.78 is 0. The number of fused-ring (bicyclic) bond motifs is 7. The summed E-state index contributed by atoms with van der Waals surface area (Å²) in [6.07, 6.45) is 72.5. The molecule has 14 aliphatic carbocycles. The van der Waals surface area contributed by atoms with E-state index in [-0.39, 0.29) is 0 Å². The third-order valence-corrected chi connectivity index (χ3v) is 35.2. The lowest BCUT2D eigenvalue weighted by Gasteiger charge is -2.71. The molecule has 0 aromatic heterocycles. The molecule has 17 fully saturated rings. The zero-order chi connectivity index (χ0) is 59.2. The average molecular weight is 1200 g/mol. The van der Waals surface area contributed by atoms with Gasteiger partial charge in [0.05, 0.1) is 0 Å². The van der Waals surface area contributed by atoms with Gasteiger partial charge in [-0.15, -0.1) is 0 Å². The molecule has 23 unspecified atom stereocenters. The van der Waals surface area contributed by atoms with Crippen molar-refractivity contribution in [2.45, 2.75) is 409 Å². The van der Waals surface area contributed by atoms with E-state index in [1.54, 1.807) is 238 Å². The van der Waals surface area contributed by atoms with Crippen molar-refractivity contribution in [2.24, 2.45) is 117 Å². The average Bonchev–Trinajstić information content (AvgIpc) is 0.926. The van der Waals surface area contributed by atoms with Crippen LogP contribution in [0.25, 0.3) is 0 Å². The Labute approximate surface area is 544 Å². The summed E-state index contributed by atoms with van der Waals surface area (Å²) in [5.41, 5.74) is 0.914. The van der Waals surface area contributed by atoms with Crippen molar-refractivity contribution in [1.82, 2.24) is 14.7 Å². The maximum absolute atomic E-state index is 3.74. The molecule has 0 N–H and O–H groups in total. The fourth-order valence-electron chi connectivity index (χ4n) is 31.7. The van der Waals surface area contributed by atoms with Crippen LogP contribution in [0.1, 0.15) is 337 Å². The molecule has 494 valence electrons. The fourth-order valence-corrected chi connectivity index (χ4v) is 31.7. The second-order valence-electron chi connectivity index (χ2n) is 40.4. The summed E-state index contributed by atoms with van der Waals surface area (Å²) in [5, 5.41) is 0. The quantitative estimate of drug-likeness (QED) is 0.235. The molecule has 14 saturated carbocycles. The van der Waals surface area contributed by atoms with Crippen molar-refractivity contribution >= 4 is 6.71 Å². The third kappa shape index (κ3) is 11.0. The van der Waals surface area contributed by atoms with Gasteiger partial charge in [-0.1, -0.05) is 183 Å². The van der Waals surface area contributed by atoms with Gasteiger partial charge >= 0.3 is 0 Å². The molecule has 88 heavy (non-hydrogen) atoms. The Morgan fingerprint density at radius 1 is 0.239 bits per heavy atom. The molecule has 0 aromatic rings. The van der Waals surface area contributed by atoms with E-state index in [1.165, 1.54) is 57.8 Å². The van der Waals surface area contributed by atoms with Gasteiger partial charge in [-0.05, 0) is 289 Å². The topological polar surface area (TPSA) is 9.72 Å². The minimum Gasteiger partial charge on any atom is -0.295 e. The molecule has 0 bridgehead atoms. The summed E-state index contributed by atoms with van der Waals surface area (Å²) in [4.78, 5) is 11.0. The highest BCUT2D eigenvalue weighted by Crippen LogP contribution is 2.70. The van der Waals surface area contributed by atoms with Crippen LogP contribution in [0.2, 0.25) is 17.5 Å². The lowest BCUT2D eigenvalue weighted by Crippen LogP contribution is -2.76. The second-order valence-corrected chi connectivity index (χ2v) is 40.4. The van der Waals surface area contributed by atoms with Gasteiger partial charge in [-0.2, -0.15) is 0 Å². The molecule has 0 spiro atoms. The first-order valence-electron chi connectivity index (χ1n) is 42.2. The van der Waals surface area contributed by atoms with E-state index in [0.717, 1.165) is 185 Å². The largest absolute Gasteiger partial charge is 0.295 e. The van der Waals surface area contributed by atoms with Crippen LogP contribution in [-0.4, -0.2) is 75.8 Å². The van der Waals surface area contributed by atoms with Crippen LogP contribution in [0.5, 0.6) is 0 Å². The van der Waals surface area contributed by atoms with Crippen molar-refractivity contribution < 1.29 is 0 Å². The Bertz CT molecular complexity index is 2290. The molecule has 4 heteroatoms. The molecule has 17 rings (SSSR count). The lowest BCUT2D eigenvalue weighted by atomic mass is 9.18. The first-order valence-corrected chi connectivity index (χ1v) is 42.2. The van der Waals surface area contributed by atoms with E-state index < -0.39 is 0 Å². The van der Waals surface area contributed by atoms with Crippen LogP contribution in [0.4, 0.5) is 0 Å². The summed E-state index contributed by atoms with van der Waals surface area (Å²) >= 11 is 0. The Balaban J connectivity index is 0.773. The van der Waals surface area contributed by atoms with Crippen molar-refractivity contribution in [2.75, 3.05) is 0 Å². The predicted octanol–water partition coefficient (Wildman–Crippen LogP) is 22.2. The van der Waals surface area contributed by atoms with E-state index in [4.69, 9.17) is 0 Å². The third-order valence-electron chi connectivity index (χ3n) is 35.2. The molecular weight excluding hydrogens is 1060 g/mol. The molecule has 0 amide bonds. The smallest absolute Gasteiger partial charge is 0.156 e. The number of likely N-dealkylation sites (tertiary alicyclic amines) is 1. The van der Waals surface area contributed by atoms with Gasteiger partial charge in [-0.25, -0.2) is 0 Å². The normalized spacial score (nSPS) is 51.1. The van der Waals surface area contributed by atoms with E-state index >= 15 is 0 Å². The summed E-state index contributed by atoms with van der Waals surface area (Å²) in [6, 6.07) is 7.89. The van der Waals surface area contributed by atoms with Crippen LogP contribution >= 0.6 is 0 Å². The zero-order valence-corrected chi connectivity index (χ0v) is 58.8. The Morgan fingerprint density at radius 3 is 1.23 bits per heavy atom. The van der Waals surface area contributed by atoms with E-state index in [2.05, 4.69) is 56.2 Å². The Morgan fingerprint density at radius 2 is 0.670 bits per heavy atom. The van der Waals surface area contributed by atoms with Crippen LogP contribution in [-0.2, 0) is 0 Å². The van der Waals surface area contributed by atoms with Crippen LogP contribution in [0.3, 0.4) is 0 Å². The number of rotatable bonds is 7. The highest BCUT2D eigenvalue weighted by molar-refractivity contribution is 6.65. The number of hydrogen-bond donors (Lipinski definition) is 0. The van der Waals surface area contributed by atoms with Crippen LogP contribution in [0, 0.1) is 117 Å². The van der Waals surface area contributed by atoms with Crippen molar-refractivity contribution in [3.63, 3.8) is 0 Å². The summed E-state index contributed by atoms with van der Waals surface area (Å²) in [5.74, 6) is 21.4. The van der Waals surface area contributed by atoms with E-state index in [9.17, 15) is 0 Å². The molecule has 23 atom stereocenters. The molecule has 3 saturated heterocycles. The monoisotopic (exact) mass is 1200 g/mol. The van der Waals surface area contributed by atoms with Gasteiger partial charge in [-0.3, -0.25) is 14.7 Å². The molecule has 3 heterocycles. The highest BCUT2D eigenvalue weighted by atomic mass is 15.3. The first kappa shape index (κ1) is 61.5.